The van der Waals surface area contributed by atoms with Crippen molar-refractivity contribution in [3.63, 3.8) is 0 Å². The Labute approximate surface area is 222 Å². The number of ether oxygens (including phenoxy) is 1. The van der Waals surface area contributed by atoms with Gasteiger partial charge >= 0.3 is 0 Å². The molecular formula is C30H28BN3O4. The van der Waals surface area contributed by atoms with Crippen LogP contribution in [0, 0.1) is 0 Å². The third-order valence-corrected chi connectivity index (χ3v) is 6.82. The first kappa shape index (κ1) is 25.2. The number of hydrogen-bond acceptors (Lipinski definition) is 5. The van der Waals surface area contributed by atoms with E-state index in [1.807, 2.05) is 77.8 Å². The van der Waals surface area contributed by atoms with Crippen LogP contribution in [0.25, 0.3) is 0 Å². The van der Waals surface area contributed by atoms with Gasteiger partial charge in [-0.25, -0.2) is 0 Å². The van der Waals surface area contributed by atoms with E-state index in [-0.39, 0.29) is 35.1 Å². The molecule has 2 heterocycles. The lowest BCUT2D eigenvalue weighted by molar-refractivity contribution is 0.0609. The maximum atomic E-state index is 13.8. The highest BCUT2D eigenvalue weighted by atomic mass is 16.5. The number of aromatic nitrogens is 1. The van der Waals surface area contributed by atoms with Gasteiger partial charge in [-0.1, -0.05) is 85.2 Å². The summed E-state index contributed by atoms with van der Waals surface area (Å²) in [5.74, 6) is -0.242. The summed E-state index contributed by atoms with van der Waals surface area (Å²) in [6, 6.07) is 27.2. The fraction of sp³-hybridized carbons (Fsp3) is 0.200. The molecule has 0 saturated carbocycles. The average molecular weight is 505 g/mol. The van der Waals surface area contributed by atoms with Crippen molar-refractivity contribution in [3.05, 3.63) is 130 Å². The van der Waals surface area contributed by atoms with Gasteiger partial charge in [0.25, 0.3) is 5.91 Å². The molecule has 0 fully saturated rings. The Morgan fingerprint density at radius 3 is 2.26 bits per heavy atom. The summed E-state index contributed by atoms with van der Waals surface area (Å²) in [5, 5.41) is 12.9. The van der Waals surface area contributed by atoms with E-state index < -0.39 is 12.2 Å². The van der Waals surface area contributed by atoms with Gasteiger partial charge in [0.1, 0.15) is 24.6 Å². The third-order valence-electron chi connectivity index (χ3n) is 6.82. The second-order valence-corrected chi connectivity index (χ2v) is 9.20. The average Bonchev–Trinajstić information content (AvgIpc) is 2.94. The number of aromatic hydroxyl groups is 1. The smallest absolute Gasteiger partial charge is 0.277 e. The molecule has 2 radical (unpaired) electrons. The van der Waals surface area contributed by atoms with Crippen molar-refractivity contribution in [2.45, 2.75) is 31.6 Å². The third kappa shape index (κ3) is 4.65. The number of nitrogens with zero attached hydrogens (tertiary/aromatic N) is 3. The van der Waals surface area contributed by atoms with Gasteiger partial charge < -0.3 is 14.7 Å². The van der Waals surface area contributed by atoms with Crippen LogP contribution in [0.4, 0.5) is 0 Å². The highest BCUT2D eigenvalue weighted by Gasteiger charge is 2.42. The summed E-state index contributed by atoms with van der Waals surface area (Å²) in [6.45, 7) is 0.137. The Balaban J connectivity index is 1.72. The number of phenols is 1. The Bertz CT molecular complexity index is 1480. The number of carbonyl (C=O) groups is 1. The Morgan fingerprint density at radius 2 is 1.58 bits per heavy atom. The Morgan fingerprint density at radius 1 is 0.921 bits per heavy atom. The predicted octanol–water partition coefficient (Wildman–Crippen LogP) is 4.25. The van der Waals surface area contributed by atoms with Gasteiger partial charge in [-0.3, -0.25) is 19.3 Å². The number of hydrogen-bond donors (Lipinski definition) is 1. The molecule has 0 saturated heterocycles. The molecule has 7 nitrogen and oxygen atoms in total. The van der Waals surface area contributed by atoms with Crippen LogP contribution in [0.5, 0.6) is 11.5 Å². The summed E-state index contributed by atoms with van der Waals surface area (Å²) in [6.07, 6.45) is 1.92. The van der Waals surface area contributed by atoms with Crippen LogP contribution in [-0.2, 0) is 6.61 Å². The number of phenolic OH excluding ortho intramolecular Hbond substituents is 1. The van der Waals surface area contributed by atoms with Crippen LogP contribution in [0.1, 0.15) is 39.6 Å². The lowest BCUT2D eigenvalue weighted by atomic mass is 9.94. The van der Waals surface area contributed by atoms with Gasteiger partial charge in [0.05, 0.1) is 7.85 Å². The fourth-order valence-electron chi connectivity index (χ4n) is 4.99. The Hall–Kier alpha value is -4.46. The zero-order valence-electron chi connectivity index (χ0n) is 21.1. The first-order valence-electron chi connectivity index (χ1n) is 12.5. The normalized spacial score (nSPS) is 15.7. The van der Waals surface area contributed by atoms with Crippen molar-refractivity contribution in [1.82, 2.24) is 9.58 Å². The minimum atomic E-state index is -0.507. The van der Waals surface area contributed by atoms with E-state index in [4.69, 9.17) is 12.6 Å². The summed E-state index contributed by atoms with van der Waals surface area (Å²) in [4.78, 5) is 28.4. The highest BCUT2D eigenvalue weighted by molar-refractivity contribution is 6.08. The van der Waals surface area contributed by atoms with E-state index in [0.29, 0.717) is 18.3 Å². The van der Waals surface area contributed by atoms with Crippen molar-refractivity contribution >= 4 is 13.8 Å². The van der Waals surface area contributed by atoms with Gasteiger partial charge in [-0.2, -0.15) is 0 Å². The molecule has 2 unspecified atom stereocenters. The van der Waals surface area contributed by atoms with Crippen LogP contribution in [0.2, 0.25) is 6.32 Å². The highest BCUT2D eigenvalue weighted by Crippen LogP contribution is 2.38. The fourth-order valence-corrected chi connectivity index (χ4v) is 4.99. The SMILES string of the molecule is [B]CCC1N(C)C(=O)c2c(OCc3ccccc3)c(=O)ccn2N1C(c1ccccc1)c1ccccc1O. The molecule has 2 atom stereocenters. The quantitative estimate of drug-likeness (QED) is 0.363. The van der Waals surface area contributed by atoms with Crippen molar-refractivity contribution in [2.75, 3.05) is 12.1 Å². The number of benzene rings is 3. The number of pyridine rings is 1. The number of fused-ring (bicyclic) bond motifs is 1. The first-order valence-corrected chi connectivity index (χ1v) is 12.5. The van der Waals surface area contributed by atoms with Crippen molar-refractivity contribution in [1.29, 1.82) is 0 Å². The van der Waals surface area contributed by atoms with Gasteiger partial charge in [-0.05, 0) is 23.6 Å². The topological polar surface area (TPSA) is 75.0 Å². The number of amides is 1. The molecule has 8 heteroatoms. The van der Waals surface area contributed by atoms with E-state index >= 15 is 0 Å². The molecule has 0 spiro atoms. The zero-order valence-corrected chi connectivity index (χ0v) is 21.1. The van der Waals surface area contributed by atoms with E-state index in [0.717, 1.165) is 11.1 Å². The van der Waals surface area contributed by atoms with E-state index in [9.17, 15) is 14.7 Å². The molecular weight excluding hydrogens is 477 g/mol. The van der Waals surface area contributed by atoms with Gasteiger partial charge in [0.15, 0.2) is 11.4 Å². The zero-order chi connectivity index (χ0) is 26.6. The lowest BCUT2D eigenvalue weighted by Crippen LogP contribution is -2.61. The van der Waals surface area contributed by atoms with Crippen LogP contribution in [0.15, 0.2) is 102 Å². The molecule has 38 heavy (non-hydrogen) atoms. The standard InChI is InChI=1S/C30H28BN3O4/c1-32-26(16-18-31)34(27(22-12-6-3-7-13-22)23-14-8-9-15-24(23)35)33-19-17-25(36)29(28(33)30(32)37)38-20-21-10-4-2-5-11-21/h2-15,17,19,26-27,35H,16,18,20H2,1H3. The minimum Gasteiger partial charge on any atom is -0.508 e. The molecule has 1 aliphatic rings. The van der Waals surface area contributed by atoms with Crippen molar-refractivity contribution in [2.24, 2.45) is 0 Å². The summed E-state index contributed by atoms with van der Waals surface area (Å²) < 4.78 is 7.71. The van der Waals surface area contributed by atoms with Gasteiger partial charge in [0, 0.05) is 24.9 Å². The summed E-state index contributed by atoms with van der Waals surface area (Å²) in [5.41, 5.74) is 2.17. The minimum absolute atomic E-state index is 0.0199. The van der Waals surface area contributed by atoms with Crippen LogP contribution < -0.4 is 15.2 Å². The van der Waals surface area contributed by atoms with E-state index in [2.05, 4.69) is 0 Å². The molecule has 1 amide bonds. The largest absolute Gasteiger partial charge is 0.508 e. The van der Waals surface area contributed by atoms with E-state index in [1.54, 1.807) is 35.0 Å². The first-order chi connectivity index (χ1) is 18.5. The molecule has 1 aromatic heterocycles. The maximum Gasteiger partial charge on any atom is 0.277 e. The molecule has 5 rings (SSSR count). The number of para-hydroxylation sites is 1. The molecule has 1 aliphatic heterocycles. The second-order valence-electron chi connectivity index (χ2n) is 9.20. The molecule has 4 aromatic rings. The molecule has 0 aliphatic carbocycles. The van der Waals surface area contributed by atoms with Crippen molar-refractivity contribution < 1.29 is 14.6 Å². The molecule has 190 valence electrons. The maximum absolute atomic E-state index is 13.8. The number of rotatable bonds is 8. The predicted molar refractivity (Wildman–Crippen MR) is 147 cm³/mol. The molecule has 3 aromatic carbocycles. The van der Waals surface area contributed by atoms with Crippen molar-refractivity contribution in [3.8, 4) is 11.5 Å². The van der Waals surface area contributed by atoms with Crippen LogP contribution in [0.3, 0.4) is 0 Å². The lowest BCUT2D eigenvalue weighted by Gasteiger charge is -2.49. The molecule has 0 bridgehead atoms. The van der Waals surface area contributed by atoms with Gasteiger partial charge in [-0.15, -0.1) is 0 Å². The van der Waals surface area contributed by atoms with Crippen LogP contribution in [-0.4, -0.2) is 41.6 Å². The Kier molecular flexibility index (Phi) is 7.22. The number of carbonyl (C=O) groups excluding carboxylic acids is 1. The molecule has 1 N–H and O–H groups in total. The van der Waals surface area contributed by atoms with Crippen LogP contribution >= 0.6 is 0 Å². The summed E-state index contributed by atoms with van der Waals surface area (Å²) >= 11 is 0. The monoisotopic (exact) mass is 505 g/mol. The summed E-state index contributed by atoms with van der Waals surface area (Å²) in [7, 11) is 7.72. The second kappa shape index (κ2) is 10.9. The van der Waals surface area contributed by atoms with E-state index in [1.165, 1.54) is 6.07 Å². The van der Waals surface area contributed by atoms with Gasteiger partial charge in [0.2, 0.25) is 5.43 Å².